The Morgan fingerprint density at radius 3 is 2.82 bits per heavy atom. The van der Waals surface area contributed by atoms with E-state index in [2.05, 4.69) is 10.0 Å². The van der Waals surface area contributed by atoms with E-state index in [1.165, 1.54) is 0 Å². The summed E-state index contributed by atoms with van der Waals surface area (Å²) in [7, 11) is 0. The van der Waals surface area contributed by atoms with Crippen molar-refractivity contribution in [2.45, 2.75) is 25.2 Å². The second-order valence-electron chi connectivity index (χ2n) is 2.76. The molecule has 0 aliphatic heterocycles. The minimum atomic E-state index is -2.60. The van der Waals surface area contributed by atoms with Crippen LogP contribution in [0.25, 0.3) is 10.4 Å². The normalized spacial score (nSPS) is 28.0. The summed E-state index contributed by atoms with van der Waals surface area (Å²) in [6.45, 7) is -0.0660. The van der Waals surface area contributed by atoms with Crippen LogP contribution in [0.2, 0.25) is 0 Å². The lowest BCUT2D eigenvalue weighted by molar-refractivity contribution is -0.0331. The van der Waals surface area contributed by atoms with E-state index in [-0.39, 0.29) is 13.0 Å². The van der Waals surface area contributed by atoms with Crippen LogP contribution in [0.4, 0.5) is 8.78 Å². The number of alkyl halides is 2. The third-order valence-corrected chi connectivity index (χ3v) is 2.03. The van der Waals surface area contributed by atoms with Crippen molar-refractivity contribution in [3.05, 3.63) is 10.4 Å². The van der Waals surface area contributed by atoms with Gasteiger partial charge in [-0.3, -0.25) is 0 Å². The molecule has 0 aromatic carbocycles. The van der Waals surface area contributed by atoms with Gasteiger partial charge < -0.3 is 0 Å². The van der Waals surface area contributed by atoms with E-state index >= 15 is 0 Å². The highest BCUT2D eigenvalue weighted by molar-refractivity contribution is 4.85. The fraction of sp³-hybridized carbons (Fsp3) is 1.00. The van der Waals surface area contributed by atoms with Gasteiger partial charge in [-0.15, -0.1) is 0 Å². The second-order valence-corrected chi connectivity index (χ2v) is 2.76. The molecule has 1 fully saturated rings. The van der Waals surface area contributed by atoms with Gasteiger partial charge in [-0.1, -0.05) is 5.11 Å². The molecule has 0 heterocycles. The first-order valence-corrected chi connectivity index (χ1v) is 3.55. The minimum absolute atomic E-state index is 0.0569. The summed E-state index contributed by atoms with van der Waals surface area (Å²) in [5, 5.41) is 3.15. The Labute approximate surface area is 63.0 Å². The van der Waals surface area contributed by atoms with Gasteiger partial charge >= 0.3 is 0 Å². The first-order valence-electron chi connectivity index (χ1n) is 3.55. The molecule has 0 aromatic heterocycles. The molecule has 1 saturated carbocycles. The summed E-state index contributed by atoms with van der Waals surface area (Å²) in [4.78, 5) is 2.46. The molecule has 0 spiro atoms. The van der Waals surface area contributed by atoms with Gasteiger partial charge in [-0.05, 0) is 18.4 Å². The zero-order chi connectivity index (χ0) is 8.32. The molecule has 0 N–H and O–H groups in total. The molecule has 0 saturated heterocycles. The highest BCUT2D eigenvalue weighted by Gasteiger charge is 2.42. The number of rotatable bonds is 2. The number of hydrogen-bond acceptors (Lipinski definition) is 1. The lowest BCUT2D eigenvalue weighted by Gasteiger charge is -2.15. The SMILES string of the molecule is [N-]=[N+]=NC[C@H]1CCCC1(F)F. The van der Waals surface area contributed by atoms with Crippen molar-refractivity contribution in [3.63, 3.8) is 0 Å². The van der Waals surface area contributed by atoms with Gasteiger partial charge in [0.15, 0.2) is 0 Å². The van der Waals surface area contributed by atoms with Crippen molar-refractivity contribution < 1.29 is 8.78 Å². The third kappa shape index (κ3) is 1.80. The Bertz CT molecular complexity index is 186. The summed E-state index contributed by atoms with van der Waals surface area (Å²) in [6.07, 6.45) is 0.962. The van der Waals surface area contributed by atoms with Crippen molar-refractivity contribution >= 4 is 0 Å². The second kappa shape index (κ2) is 3.05. The number of azide groups is 1. The van der Waals surface area contributed by atoms with Crippen molar-refractivity contribution in [2.24, 2.45) is 11.0 Å². The molecule has 5 heteroatoms. The monoisotopic (exact) mass is 161 g/mol. The topological polar surface area (TPSA) is 48.8 Å². The highest BCUT2D eigenvalue weighted by Crippen LogP contribution is 2.40. The smallest absolute Gasteiger partial charge is 0.207 e. The zero-order valence-corrected chi connectivity index (χ0v) is 6.00. The third-order valence-electron chi connectivity index (χ3n) is 2.03. The standard InChI is InChI=1S/C6H9F2N3/c7-6(8)3-1-2-5(6)4-10-11-9/h5H,1-4H2/t5-/m1/s1. The number of halogens is 2. The van der Waals surface area contributed by atoms with Crippen molar-refractivity contribution in [1.82, 2.24) is 0 Å². The van der Waals surface area contributed by atoms with Gasteiger partial charge in [0.1, 0.15) is 0 Å². The fourth-order valence-corrected chi connectivity index (χ4v) is 1.36. The van der Waals surface area contributed by atoms with Gasteiger partial charge in [0.25, 0.3) is 5.92 Å². The maximum absolute atomic E-state index is 12.7. The van der Waals surface area contributed by atoms with E-state index in [0.717, 1.165) is 0 Å². The lowest BCUT2D eigenvalue weighted by atomic mass is 10.1. The first kappa shape index (κ1) is 8.27. The van der Waals surface area contributed by atoms with E-state index in [4.69, 9.17) is 5.53 Å². The summed E-state index contributed by atoms with van der Waals surface area (Å²) < 4.78 is 25.5. The van der Waals surface area contributed by atoms with E-state index < -0.39 is 11.8 Å². The lowest BCUT2D eigenvalue weighted by Crippen LogP contribution is -2.23. The molecular formula is C6H9F2N3. The van der Waals surface area contributed by atoms with Gasteiger partial charge in [0.2, 0.25) is 0 Å². The Hall–Kier alpha value is -0.830. The van der Waals surface area contributed by atoms with Crippen LogP contribution in [-0.4, -0.2) is 12.5 Å². The Kier molecular flexibility index (Phi) is 2.29. The minimum Gasteiger partial charge on any atom is -0.207 e. The maximum atomic E-state index is 12.7. The largest absolute Gasteiger partial charge is 0.251 e. The van der Waals surface area contributed by atoms with E-state index in [1.54, 1.807) is 0 Å². The summed E-state index contributed by atoms with van der Waals surface area (Å²) in [6, 6.07) is 0. The van der Waals surface area contributed by atoms with E-state index in [0.29, 0.717) is 12.8 Å². The van der Waals surface area contributed by atoms with Crippen molar-refractivity contribution in [2.75, 3.05) is 6.54 Å². The van der Waals surface area contributed by atoms with Crippen LogP contribution in [0.3, 0.4) is 0 Å². The molecule has 0 bridgehead atoms. The highest BCUT2D eigenvalue weighted by atomic mass is 19.3. The quantitative estimate of drug-likeness (QED) is 0.339. The number of nitrogens with zero attached hydrogens (tertiary/aromatic N) is 3. The first-order chi connectivity index (χ1) is 5.17. The van der Waals surface area contributed by atoms with Crippen LogP contribution >= 0.6 is 0 Å². The van der Waals surface area contributed by atoms with Gasteiger partial charge in [-0.2, -0.15) is 0 Å². The Morgan fingerprint density at radius 2 is 2.36 bits per heavy atom. The zero-order valence-electron chi connectivity index (χ0n) is 6.00. The maximum Gasteiger partial charge on any atom is 0.251 e. The average molecular weight is 161 g/mol. The predicted octanol–water partition coefficient (Wildman–Crippen LogP) is 2.73. The van der Waals surface area contributed by atoms with Crippen LogP contribution in [0.1, 0.15) is 19.3 Å². The molecule has 0 radical (unpaired) electrons. The average Bonchev–Trinajstić information content (AvgIpc) is 2.25. The van der Waals surface area contributed by atoms with Crippen molar-refractivity contribution in [3.8, 4) is 0 Å². The van der Waals surface area contributed by atoms with Gasteiger partial charge in [0, 0.05) is 23.8 Å². The molecular weight excluding hydrogens is 152 g/mol. The molecule has 0 aromatic rings. The van der Waals surface area contributed by atoms with Crippen LogP contribution in [0.5, 0.6) is 0 Å². The molecule has 0 amide bonds. The van der Waals surface area contributed by atoms with Gasteiger partial charge in [-0.25, -0.2) is 8.78 Å². The predicted molar refractivity (Wildman–Crippen MR) is 36.3 cm³/mol. The fourth-order valence-electron chi connectivity index (χ4n) is 1.36. The summed E-state index contributed by atoms with van der Waals surface area (Å²) in [5.74, 6) is -3.33. The Balaban J connectivity index is 2.50. The molecule has 1 aliphatic rings. The van der Waals surface area contributed by atoms with Gasteiger partial charge in [0.05, 0.1) is 0 Å². The summed E-state index contributed by atoms with van der Waals surface area (Å²) in [5.41, 5.74) is 7.91. The molecule has 1 atom stereocenters. The van der Waals surface area contributed by atoms with Crippen LogP contribution in [0, 0.1) is 5.92 Å². The molecule has 1 aliphatic carbocycles. The molecule has 3 nitrogen and oxygen atoms in total. The van der Waals surface area contributed by atoms with Crippen molar-refractivity contribution in [1.29, 1.82) is 0 Å². The van der Waals surface area contributed by atoms with Crippen LogP contribution in [0.15, 0.2) is 5.11 Å². The van der Waals surface area contributed by atoms with E-state index in [9.17, 15) is 8.78 Å². The molecule has 62 valence electrons. The molecule has 0 unspecified atom stereocenters. The van der Waals surface area contributed by atoms with Crippen LogP contribution in [-0.2, 0) is 0 Å². The Morgan fingerprint density at radius 1 is 1.64 bits per heavy atom. The number of hydrogen-bond donors (Lipinski definition) is 0. The molecule has 11 heavy (non-hydrogen) atoms. The van der Waals surface area contributed by atoms with Crippen LogP contribution < -0.4 is 0 Å². The van der Waals surface area contributed by atoms with E-state index in [1.807, 2.05) is 0 Å². The molecule has 1 rings (SSSR count). The summed E-state index contributed by atoms with van der Waals surface area (Å²) >= 11 is 0.